The first-order valence-corrected chi connectivity index (χ1v) is 10.9. The summed E-state index contributed by atoms with van der Waals surface area (Å²) in [5.41, 5.74) is 1.52. The van der Waals surface area contributed by atoms with Crippen LogP contribution in [0.4, 0.5) is 5.69 Å². The molecule has 1 heterocycles. The quantitative estimate of drug-likeness (QED) is 0.761. The van der Waals surface area contributed by atoms with Crippen molar-refractivity contribution in [1.29, 1.82) is 0 Å². The van der Waals surface area contributed by atoms with Crippen LogP contribution in [0.25, 0.3) is 0 Å². The van der Waals surface area contributed by atoms with Crippen LogP contribution in [0.1, 0.15) is 31.7 Å². The summed E-state index contributed by atoms with van der Waals surface area (Å²) in [4.78, 5) is 25.8. The van der Waals surface area contributed by atoms with Crippen molar-refractivity contribution in [3.63, 3.8) is 0 Å². The Morgan fingerprint density at radius 2 is 1.89 bits per heavy atom. The number of sulfonamides is 1. The summed E-state index contributed by atoms with van der Waals surface area (Å²) in [5.74, 6) is -0.375. The standard InChI is InChI=1S/C19H29N3O4S/c1-4-12-27(25,26)22-11-5-6-16(14-22)19(24)20-17-9-7-15(8-10-17)13-18(23)21(2)3/h7-10,16H,4-6,11-14H2,1-3H3,(H,20,24). The van der Waals surface area contributed by atoms with E-state index < -0.39 is 10.0 Å². The fourth-order valence-corrected chi connectivity index (χ4v) is 4.67. The van der Waals surface area contributed by atoms with Gasteiger partial charge in [-0.05, 0) is 37.0 Å². The van der Waals surface area contributed by atoms with Crippen molar-refractivity contribution in [2.24, 2.45) is 5.92 Å². The van der Waals surface area contributed by atoms with E-state index in [0.29, 0.717) is 37.9 Å². The fourth-order valence-electron chi connectivity index (χ4n) is 3.08. The van der Waals surface area contributed by atoms with Crippen LogP contribution >= 0.6 is 0 Å². The minimum atomic E-state index is -3.28. The lowest BCUT2D eigenvalue weighted by atomic mass is 9.98. The number of carbonyl (C=O) groups excluding carboxylic acids is 2. The lowest BCUT2D eigenvalue weighted by Gasteiger charge is -2.31. The van der Waals surface area contributed by atoms with E-state index in [0.717, 1.165) is 5.56 Å². The van der Waals surface area contributed by atoms with Crippen LogP contribution in [0, 0.1) is 5.92 Å². The van der Waals surface area contributed by atoms with Gasteiger partial charge in [-0.3, -0.25) is 9.59 Å². The van der Waals surface area contributed by atoms with Crippen LogP contribution in [0.15, 0.2) is 24.3 Å². The molecule has 0 aromatic heterocycles. The molecule has 1 fully saturated rings. The Morgan fingerprint density at radius 1 is 1.22 bits per heavy atom. The van der Waals surface area contributed by atoms with E-state index in [4.69, 9.17) is 0 Å². The summed E-state index contributed by atoms with van der Waals surface area (Å²) in [6, 6.07) is 7.17. The fraction of sp³-hybridized carbons (Fsp3) is 0.579. The zero-order valence-electron chi connectivity index (χ0n) is 16.3. The van der Waals surface area contributed by atoms with Gasteiger partial charge in [0, 0.05) is 32.9 Å². The number of hydrogen-bond donors (Lipinski definition) is 1. The van der Waals surface area contributed by atoms with Crippen LogP contribution in [0.5, 0.6) is 0 Å². The van der Waals surface area contributed by atoms with Gasteiger partial charge in [0.1, 0.15) is 0 Å². The van der Waals surface area contributed by atoms with E-state index in [9.17, 15) is 18.0 Å². The van der Waals surface area contributed by atoms with E-state index in [1.54, 1.807) is 26.2 Å². The largest absolute Gasteiger partial charge is 0.349 e. The number of nitrogens with one attached hydrogen (secondary N) is 1. The maximum Gasteiger partial charge on any atom is 0.228 e. The number of carbonyl (C=O) groups is 2. The molecule has 8 heteroatoms. The summed E-state index contributed by atoms with van der Waals surface area (Å²) < 4.78 is 25.9. The molecule has 1 unspecified atom stereocenters. The lowest BCUT2D eigenvalue weighted by molar-refractivity contribution is -0.128. The molecule has 0 spiro atoms. The molecule has 27 heavy (non-hydrogen) atoms. The van der Waals surface area contributed by atoms with E-state index in [-0.39, 0.29) is 30.0 Å². The zero-order chi connectivity index (χ0) is 20.0. The molecule has 0 saturated carbocycles. The molecule has 2 amide bonds. The molecule has 2 rings (SSSR count). The highest BCUT2D eigenvalue weighted by molar-refractivity contribution is 7.89. The van der Waals surface area contributed by atoms with Crippen molar-refractivity contribution in [3.8, 4) is 0 Å². The lowest BCUT2D eigenvalue weighted by Crippen LogP contribution is -2.44. The van der Waals surface area contributed by atoms with Crippen molar-refractivity contribution in [3.05, 3.63) is 29.8 Å². The van der Waals surface area contributed by atoms with Gasteiger partial charge in [-0.25, -0.2) is 12.7 Å². The normalized spacial score (nSPS) is 18.1. The summed E-state index contributed by atoms with van der Waals surface area (Å²) in [6.45, 7) is 2.56. The molecule has 7 nitrogen and oxygen atoms in total. The number of piperidine rings is 1. The van der Waals surface area contributed by atoms with Gasteiger partial charge in [-0.15, -0.1) is 0 Å². The third-order valence-corrected chi connectivity index (χ3v) is 6.73. The van der Waals surface area contributed by atoms with Gasteiger partial charge >= 0.3 is 0 Å². The number of likely N-dealkylation sites (N-methyl/N-ethyl adjacent to an activating group) is 1. The molecule has 1 aromatic carbocycles. The topological polar surface area (TPSA) is 86.8 Å². The van der Waals surface area contributed by atoms with E-state index in [1.807, 2.05) is 19.1 Å². The van der Waals surface area contributed by atoms with Gasteiger partial charge in [0.15, 0.2) is 0 Å². The van der Waals surface area contributed by atoms with Gasteiger partial charge in [0.05, 0.1) is 18.1 Å². The van der Waals surface area contributed by atoms with Crippen LogP contribution in [-0.2, 0) is 26.0 Å². The number of rotatable bonds is 7. The Morgan fingerprint density at radius 3 is 2.48 bits per heavy atom. The van der Waals surface area contributed by atoms with Crippen molar-refractivity contribution in [2.45, 2.75) is 32.6 Å². The molecule has 1 N–H and O–H groups in total. The van der Waals surface area contributed by atoms with Crippen molar-refractivity contribution in [2.75, 3.05) is 38.3 Å². The zero-order valence-corrected chi connectivity index (χ0v) is 17.1. The maximum atomic E-state index is 12.6. The molecule has 1 atom stereocenters. The molecule has 0 aliphatic carbocycles. The summed E-state index contributed by atoms with van der Waals surface area (Å²) in [5, 5.41) is 2.86. The second-order valence-electron chi connectivity index (χ2n) is 7.16. The Kier molecular flexibility index (Phi) is 7.38. The Bertz CT molecular complexity index is 760. The average Bonchev–Trinajstić information content (AvgIpc) is 2.63. The molecule has 0 radical (unpaired) electrons. The predicted molar refractivity (Wildman–Crippen MR) is 106 cm³/mol. The van der Waals surface area contributed by atoms with Crippen LogP contribution in [-0.4, -0.2) is 62.4 Å². The van der Waals surface area contributed by atoms with Gasteiger partial charge in [-0.2, -0.15) is 0 Å². The highest BCUT2D eigenvalue weighted by Crippen LogP contribution is 2.22. The molecular formula is C19H29N3O4S. The van der Waals surface area contributed by atoms with Crippen LogP contribution in [0.2, 0.25) is 0 Å². The van der Waals surface area contributed by atoms with Gasteiger partial charge < -0.3 is 10.2 Å². The van der Waals surface area contributed by atoms with E-state index >= 15 is 0 Å². The molecule has 1 aliphatic rings. The molecule has 0 bridgehead atoms. The second-order valence-corrected chi connectivity index (χ2v) is 9.25. The number of benzene rings is 1. The van der Waals surface area contributed by atoms with Crippen LogP contribution < -0.4 is 5.32 Å². The first kappa shape index (κ1) is 21.4. The van der Waals surface area contributed by atoms with Crippen molar-refractivity contribution >= 4 is 27.5 Å². The first-order valence-electron chi connectivity index (χ1n) is 9.30. The third-order valence-electron chi connectivity index (χ3n) is 4.69. The Labute approximate surface area is 161 Å². The Balaban J connectivity index is 1.95. The van der Waals surface area contributed by atoms with Crippen molar-refractivity contribution in [1.82, 2.24) is 9.21 Å². The SMILES string of the molecule is CCCS(=O)(=O)N1CCCC(C(=O)Nc2ccc(CC(=O)N(C)C)cc2)C1. The van der Waals surface area contributed by atoms with E-state index in [1.165, 1.54) is 9.21 Å². The highest BCUT2D eigenvalue weighted by atomic mass is 32.2. The molecule has 150 valence electrons. The number of anilines is 1. The second kappa shape index (κ2) is 9.32. The molecule has 1 aromatic rings. The van der Waals surface area contributed by atoms with Crippen molar-refractivity contribution < 1.29 is 18.0 Å². The van der Waals surface area contributed by atoms with Gasteiger partial charge in [-0.1, -0.05) is 19.1 Å². The predicted octanol–water partition coefficient (Wildman–Crippen LogP) is 1.71. The highest BCUT2D eigenvalue weighted by Gasteiger charge is 2.31. The monoisotopic (exact) mass is 395 g/mol. The summed E-state index contributed by atoms with van der Waals surface area (Å²) >= 11 is 0. The number of nitrogens with zero attached hydrogens (tertiary/aromatic N) is 2. The summed E-state index contributed by atoms with van der Waals surface area (Å²) in [7, 11) is 0.147. The number of hydrogen-bond acceptors (Lipinski definition) is 4. The number of amides is 2. The van der Waals surface area contributed by atoms with Gasteiger partial charge in [0.25, 0.3) is 0 Å². The average molecular weight is 396 g/mol. The minimum absolute atomic E-state index is 0.0161. The molecule has 1 saturated heterocycles. The van der Waals surface area contributed by atoms with Crippen LogP contribution in [0.3, 0.4) is 0 Å². The third kappa shape index (κ3) is 6.04. The molecule has 1 aliphatic heterocycles. The van der Waals surface area contributed by atoms with Gasteiger partial charge in [0.2, 0.25) is 21.8 Å². The maximum absolute atomic E-state index is 12.6. The first-order chi connectivity index (χ1) is 12.7. The summed E-state index contributed by atoms with van der Waals surface area (Å²) in [6.07, 6.45) is 2.25. The minimum Gasteiger partial charge on any atom is -0.349 e. The smallest absolute Gasteiger partial charge is 0.228 e. The molecular weight excluding hydrogens is 366 g/mol. The Hall–Kier alpha value is -1.93. The van der Waals surface area contributed by atoms with E-state index in [2.05, 4.69) is 5.32 Å².